The molecule has 0 unspecified atom stereocenters. The third-order valence-electron chi connectivity index (χ3n) is 5.06. The van der Waals surface area contributed by atoms with Crippen LogP contribution >= 0.6 is 0 Å². The van der Waals surface area contributed by atoms with Gasteiger partial charge >= 0.3 is 0 Å². The smallest absolute Gasteiger partial charge is 0.276 e. The number of amides is 1. The minimum atomic E-state index is -3.15. The molecule has 2 aliphatic heterocycles. The van der Waals surface area contributed by atoms with Crippen molar-refractivity contribution in [3.05, 3.63) is 29.2 Å². The van der Waals surface area contributed by atoms with Crippen LogP contribution in [0.3, 0.4) is 0 Å². The van der Waals surface area contributed by atoms with Crippen molar-refractivity contribution in [3.8, 4) is 0 Å². The Kier molecular flexibility index (Phi) is 5.53. The number of sulfone groups is 1. The highest BCUT2D eigenvalue weighted by molar-refractivity contribution is 7.91. The van der Waals surface area contributed by atoms with E-state index in [0.717, 1.165) is 12.8 Å². The Balaban J connectivity index is 1.80. The van der Waals surface area contributed by atoms with Crippen molar-refractivity contribution in [1.29, 1.82) is 0 Å². The minimum Gasteiger partial charge on any atom is -0.361 e. The molecule has 0 N–H and O–H groups in total. The number of carbonyl (C=O) groups is 1. The topological polar surface area (TPSA) is 83.7 Å². The quantitative estimate of drug-likeness (QED) is 0.719. The predicted molar refractivity (Wildman–Crippen MR) is 98.8 cm³/mol. The number of rotatable bonds is 5. The maximum absolute atomic E-state index is 12.9. The lowest BCUT2D eigenvalue weighted by atomic mass is 10.0. The molecule has 2 saturated heterocycles. The van der Waals surface area contributed by atoms with E-state index in [0.29, 0.717) is 25.4 Å². The van der Waals surface area contributed by atoms with Crippen molar-refractivity contribution in [3.63, 3.8) is 0 Å². The van der Waals surface area contributed by atoms with Crippen molar-refractivity contribution in [2.75, 3.05) is 31.1 Å². The van der Waals surface area contributed by atoms with Crippen LogP contribution in [-0.2, 0) is 16.3 Å². The van der Waals surface area contributed by atoms with Crippen LogP contribution in [0.4, 0.5) is 0 Å². The first kappa shape index (κ1) is 19.1. The van der Waals surface area contributed by atoms with Crippen LogP contribution in [0.1, 0.15) is 43.4 Å². The van der Waals surface area contributed by atoms with Gasteiger partial charge in [0.25, 0.3) is 5.91 Å². The number of allylic oxidation sites excluding steroid dienone is 1. The van der Waals surface area contributed by atoms with Gasteiger partial charge < -0.3 is 9.42 Å². The molecule has 3 heterocycles. The molecule has 1 aromatic rings. The third-order valence-corrected chi connectivity index (χ3v) is 6.76. The molecule has 0 saturated carbocycles. The van der Waals surface area contributed by atoms with E-state index in [2.05, 4.69) is 16.1 Å². The Hall–Kier alpha value is -1.67. The van der Waals surface area contributed by atoms with Crippen LogP contribution in [-0.4, -0.2) is 72.5 Å². The molecule has 2 fully saturated rings. The fourth-order valence-corrected chi connectivity index (χ4v) is 5.74. The molecular weight excluding hydrogens is 354 g/mol. The summed E-state index contributed by atoms with van der Waals surface area (Å²) in [6.45, 7) is 7.96. The molecule has 0 bridgehead atoms. The third kappa shape index (κ3) is 4.01. The standard InChI is InChI=1S/C18H27N3O4S/c1-4-5-14-10-15(19-25-14)18(22)21-9-8-20(7-6-13(2)3)16-11-26(23,24)12-17(16)21/h6,10,16-17H,4-5,7-9,11-12H2,1-3H3/t16-,17+/m1/s1. The summed E-state index contributed by atoms with van der Waals surface area (Å²) in [7, 11) is -3.15. The maximum Gasteiger partial charge on any atom is 0.276 e. The van der Waals surface area contributed by atoms with Crippen LogP contribution in [0.2, 0.25) is 0 Å². The Morgan fingerprint density at radius 2 is 2.04 bits per heavy atom. The van der Waals surface area contributed by atoms with E-state index in [9.17, 15) is 13.2 Å². The van der Waals surface area contributed by atoms with Gasteiger partial charge in [-0.1, -0.05) is 23.7 Å². The lowest BCUT2D eigenvalue weighted by Gasteiger charge is -2.43. The molecule has 0 aliphatic carbocycles. The first-order chi connectivity index (χ1) is 12.3. The van der Waals surface area contributed by atoms with Crippen LogP contribution in [0.15, 0.2) is 22.2 Å². The zero-order chi connectivity index (χ0) is 18.9. The molecule has 1 aromatic heterocycles. The zero-order valence-electron chi connectivity index (χ0n) is 15.6. The second-order valence-electron chi connectivity index (χ2n) is 7.42. The van der Waals surface area contributed by atoms with Gasteiger partial charge in [-0.2, -0.15) is 0 Å². The second-order valence-corrected chi connectivity index (χ2v) is 9.57. The Morgan fingerprint density at radius 1 is 1.31 bits per heavy atom. The minimum absolute atomic E-state index is 0.0222. The number of nitrogens with zero attached hydrogens (tertiary/aromatic N) is 3. The van der Waals surface area contributed by atoms with E-state index in [1.54, 1.807) is 11.0 Å². The number of aromatic nitrogens is 1. The van der Waals surface area contributed by atoms with E-state index < -0.39 is 9.84 Å². The first-order valence-electron chi connectivity index (χ1n) is 9.15. The second kappa shape index (κ2) is 7.52. The van der Waals surface area contributed by atoms with Crippen molar-refractivity contribution in [1.82, 2.24) is 15.0 Å². The van der Waals surface area contributed by atoms with Gasteiger partial charge in [-0.25, -0.2) is 8.42 Å². The van der Waals surface area contributed by atoms with E-state index in [1.165, 1.54) is 5.57 Å². The summed E-state index contributed by atoms with van der Waals surface area (Å²) in [4.78, 5) is 16.8. The highest BCUT2D eigenvalue weighted by atomic mass is 32.2. The van der Waals surface area contributed by atoms with Gasteiger partial charge in [0.1, 0.15) is 5.76 Å². The predicted octanol–water partition coefficient (Wildman–Crippen LogP) is 1.52. The zero-order valence-corrected chi connectivity index (χ0v) is 16.5. The summed E-state index contributed by atoms with van der Waals surface area (Å²) in [5.74, 6) is 0.588. The molecule has 0 radical (unpaired) electrons. The molecule has 1 amide bonds. The SMILES string of the molecule is CCCc1cc(C(=O)N2CCN(CC=C(C)C)[C@@H]3CS(=O)(=O)C[C@@H]32)no1. The van der Waals surface area contributed by atoms with Crippen molar-refractivity contribution in [2.24, 2.45) is 0 Å². The molecule has 0 aromatic carbocycles. The maximum atomic E-state index is 12.9. The normalized spacial score (nSPS) is 25.1. The average Bonchev–Trinajstić information content (AvgIpc) is 3.15. The summed E-state index contributed by atoms with van der Waals surface area (Å²) in [6, 6.07) is 1.20. The summed E-state index contributed by atoms with van der Waals surface area (Å²) in [5.41, 5.74) is 1.47. The van der Waals surface area contributed by atoms with Gasteiger partial charge in [0.2, 0.25) is 0 Å². The van der Waals surface area contributed by atoms with Crippen LogP contribution < -0.4 is 0 Å². The highest BCUT2D eigenvalue weighted by Crippen LogP contribution is 2.28. The van der Waals surface area contributed by atoms with Gasteiger partial charge in [-0.05, 0) is 20.3 Å². The largest absolute Gasteiger partial charge is 0.361 e. The van der Waals surface area contributed by atoms with Crippen LogP contribution in [0.25, 0.3) is 0 Å². The lowest BCUT2D eigenvalue weighted by Crippen LogP contribution is -2.60. The molecule has 26 heavy (non-hydrogen) atoms. The van der Waals surface area contributed by atoms with Gasteiger partial charge in [0.15, 0.2) is 15.5 Å². The molecule has 8 heteroatoms. The average molecular weight is 381 g/mol. The van der Waals surface area contributed by atoms with E-state index in [4.69, 9.17) is 4.52 Å². The fourth-order valence-electron chi connectivity index (χ4n) is 3.73. The number of hydrogen-bond acceptors (Lipinski definition) is 6. The van der Waals surface area contributed by atoms with E-state index in [-0.39, 0.29) is 35.2 Å². The number of carbonyl (C=O) groups excluding carboxylic acids is 1. The van der Waals surface area contributed by atoms with Crippen LogP contribution in [0, 0.1) is 0 Å². The Morgan fingerprint density at radius 3 is 2.73 bits per heavy atom. The van der Waals surface area contributed by atoms with Crippen molar-refractivity contribution >= 4 is 15.7 Å². The van der Waals surface area contributed by atoms with E-state index >= 15 is 0 Å². The van der Waals surface area contributed by atoms with Gasteiger partial charge in [0.05, 0.1) is 17.5 Å². The number of hydrogen-bond donors (Lipinski definition) is 0. The van der Waals surface area contributed by atoms with Gasteiger partial charge in [-0.3, -0.25) is 9.69 Å². The molecule has 7 nitrogen and oxygen atoms in total. The summed E-state index contributed by atoms with van der Waals surface area (Å²) in [6.07, 6.45) is 3.75. The number of aryl methyl sites for hydroxylation is 1. The molecule has 2 atom stereocenters. The molecular formula is C18H27N3O4S. The highest BCUT2D eigenvalue weighted by Gasteiger charge is 2.48. The number of fused-ring (bicyclic) bond motifs is 1. The number of piperazine rings is 1. The van der Waals surface area contributed by atoms with E-state index in [1.807, 2.05) is 20.8 Å². The molecule has 2 aliphatic rings. The lowest BCUT2D eigenvalue weighted by molar-refractivity contribution is 0.0360. The Bertz CT molecular complexity index is 795. The fraction of sp³-hybridized carbons (Fsp3) is 0.667. The molecule has 3 rings (SSSR count). The van der Waals surface area contributed by atoms with Crippen LogP contribution in [0.5, 0.6) is 0 Å². The summed E-state index contributed by atoms with van der Waals surface area (Å²) in [5, 5.41) is 3.90. The summed E-state index contributed by atoms with van der Waals surface area (Å²) >= 11 is 0. The summed E-state index contributed by atoms with van der Waals surface area (Å²) < 4.78 is 29.7. The molecule has 144 valence electrons. The van der Waals surface area contributed by atoms with Crippen molar-refractivity contribution < 1.29 is 17.7 Å². The monoisotopic (exact) mass is 381 g/mol. The molecule has 0 spiro atoms. The Labute approximate surface area is 154 Å². The van der Waals surface area contributed by atoms with Crippen molar-refractivity contribution in [2.45, 2.75) is 45.7 Å². The first-order valence-corrected chi connectivity index (χ1v) is 11.0. The van der Waals surface area contributed by atoms with Gasteiger partial charge in [-0.15, -0.1) is 0 Å². The van der Waals surface area contributed by atoms with Gasteiger partial charge in [0, 0.05) is 38.2 Å².